The van der Waals surface area contributed by atoms with E-state index in [4.69, 9.17) is 14.9 Å². The molecule has 4 N–H and O–H groups in total. The van der Waals surface area contributed by atoms with Gasteiger partial charge in [-0.1, -0.05) is 5.16 Å². The van der Waals surface area contributed by atoms with Crippen LogP contribution in [0.25, 0.3) is 0 Å². The number of hydrogen-bond donors (Lipinski definition) is 3. The van der Waals surface area contributed by atoms with Crippen LogP contribution in [0.5, 0.6) is 0 Å². The van der Waals surface area contributed by atoms with Crippen LogP contribution in [-0.4, -0.2) is 75.3 Å². The maximum Gasteiger partial charge on any atom is 0.352 e. The number of nitrogens with two attached hydrogens (primary N) is 1. The molecule has 0 aromatic carbocycles. The quantitative estimate of drug-likeness (QED) is 0.203. The first-order chi connectivity index (χ1) is 14.2. The Morgan fingerprint density at radius 2 is 2.23 bits per heavy atom. The number of carboxylic acid groups (broad SMARTS) is 1. The number of aromatic nitrogens is 1. The van der Waals surface area contributed by atoms with Gasteiger partial charge in [0.05, 0.1) is 0 Å². The van der Waals surface area contributed by atoms with Crippen molar-refractivity contribution in [2.45, 2.75) is 18.3 Å². The van der Waals surface area contributed by atoms with Crippen LogP contribution in [-0.2, 0) is 28.8 Å². The number of β-lactam (4-membered cyclic amide) rings is 1. The Morgan fingerprint density at radius 1 is 1.50 bits per heavy atom. The molecule has 160 valence electrons. The molecule has 3 heterocycles. The monoisotopic (exact) mass is 439 g/mol. The van der Waals surface area contributed by atoms with E-state index in [0.29, 0.717) is 0 Å². The lowest BCUT2D eigenvalue weighted by Gasteiger charge is -2.49. The highest BCUT2D eigenvalue weighted by Crippen LogP contribution is 2.40. The summed E-state index contributed by atoms with van der Waals surface area (Å²) in [5.74, 6) is -3.11. The molecule has 3 rings (SSSR count). The van der Waals surface area contributed by atoms with Crippen molar-refractivity contribution in [3.8, 4) is 0 Å². The molecule has 1 fully saturated rings. The van der Waals surface area contributed by atoms with Crippen molar-refractivity contribution in [2.75, 3.05) is 25.2 Å². The van der Waals surface area contributed by atoms with Gasteiger partial charge in [-0.05, 0) is 0 Å². The predicted octanol–water partition coefficient (Wildman–Crippen LogP) is -1.09. The highest BCUT2D eigenvalue weighted by Gasteiger charge is 2.54. The summed E-state index contributed by atoms with van der Waals surface area (Å²) in [6.45, 7) is 0.956. The second-order valence-corrected chi connectivity index (χ2v) is 7.20. The molecule has 0 saturated carbocycles. The fourth-order valence-electron chi connectivity index (χ4n) is 2.88. The van der Waals surface area contributed by atoms with Crippen molar-refractivity contribution in [3.05, 3.63) is 23.2 Å². The van der Waals surface area contributed by atoms with E-state index in [1.165, 1.54) is 25.8 Å². The molecule has 2 aliphatic rings. The summed E-state index contributed by atoms with van der Waals surface area (Å²) in [5.41, 5.74) is 5.16. The average Bonchev–Trinajstić information content (AvgIpc) is 3.13. The van der Waals surface area contributed by atoms with E-state index in [1.807, 2.05) is 0 Å². The first-order valence-corrected chi connectivity index (χ1v) is 9.46. The first kappa shape index (κ1) is 21.2. The van der Waals surface area contributed by atoms with Crippen molar-refractivity contribution in [3.63, 3.8) is 0 Å². The zero-order valence-corrected chi connectivity index (χ0v) is 16.6. The number of esters is 1. The SMILES string of the molecule is CON=C(C(=O)NC1C(=O)N2C(C(=O)O)=C(COC(C)=O)CS[C@@H]12)c1coc(N)n1. The Labute approximate surface area is 173 Å². The van der Waals surface area contributed by atoms with E-state index in [0.717, 1.165) is 11.2 Å². The third-order valence-electron chi connectivity index (χ3n) is 4.15. The molecule has 1 saturated heterocycles. The second-order valence-electron chi connectivity index (χ2n) is 6.09. The molecule has 0 aliphatic carbocycles. The normalized spacial score (nSPS) is 20.9. The molecule has 0 bridgehead atoms. The predicted molar refractivity (Wildman–Crippen MR) is 101 cm³/mol. The van der Waals surface area contributed by atoms with Gasteiger partial charge >= 0.3 is 11.9 Å². The Morgan fingerprint density at radius 3 is 2.80 bits per heavy atom. The number of oxazole rings is 1. The summed E-state index contributed by atoms with van der Waals surface area (Å²) in [6, 6.07) is -1.19. The minimum absolute atomic E-state index is 0.00145. The standard InChI is InChI=1S/C16H17N5O8S/c1-6(22)28-3-7-5-30-14-10(13(24)21(14)11(7)15(25)26)19-12(23)9(20-27-2)8-4-29-16(17)18-8/h4,10,14H,3,5H2,1-2H3,(H2,17,18)(H,19,23)(H,25,26)/t10?,14-/m0/s1. The van der Waals surface area contributed by atoms with E-state index in [1.54, 1.807) is 0 Å². The van der Waals surface area contributed by atoms with Gasteiger partial charge < -0.3 is 30.1 Å². The summed E-state index contributed by atoms with van der Waals surface area (Å²) < 4.78 is 9.72. The van der Waals surface area contributed by atoms with Crippen LogP contribution in [0.4, 0.5) is 6.01 Å². The van der Waals surface area contributed by atoms with Gasteiger partial charge in [0.25, 0.3) is 17.8 Å². The average molecular weight is 439 g/mol. The molecule has 2 amide bonds. The Kier molecular flexibility index (Phi) is 5.96. The third kappa shape index (κ3) is 3.94. The van der Waals surface area contributed by atoms with Crippen molar-refractivity contribution in [1.82, 2.24) is 15.2 Å². The van der Waals surface area contributed by atoms with Crippen molar-refractivity contribution >= 4 is 47.2 Å². The molecule has 14 heteroatoms. The van der Waals surface area contributed by atoms with Crippen LogP contribution in [0.3, 0.4) is 0 Å². The van der Waals surface area contributed by atoms with Crippen LogP contribution in [0.1, 0.15) is 12.6 Å². The lowest BCUT2D eigenvalue weighted by atomic mass is 10.0. The van der Waals surface area contributed by atoms with E-state index in [9.17, 15) is 24.3 Å². The lowest BCUT2D eigenvalue weighted by molar-refractivity contribution is -0.150. The number of amides is 2. The molecule has 1 aromatic heterocycles. The molecule has 2 aliphatic heterocycles. The number of carbonyl (C=O) groups excluding carboxylic acids is 3. The number of fused-ring (bicyclic) bond motifs is 1. The maximum atomic E-state index is 12.6. The number of carbonyl (C=O) groups is 4. The van der Waals surface area contributed by atoms with Gasteiger partial charge in [0, 0.05) is 18.2 Å². The van der Waals surface area contributed by atoms with Gasteiger partial charge in [-0.2, -0.15) is 4.98 Å². The van der Waals surface area contributed by atoms with E-state index in [2.05, 4.69) is 20.3 Å². The van der Waals surface area contributed by atoms with Gasteiger partial charge in [0.1, 0.15) is 42.8 Å². The number of carboxylic acids is 1. The zero-order chi connectivity index (χ0) is 22.0. The zero-order valence-electron chi connectivity index (χ0n) is 15.8. The van der Waals surface area contributed by atoms with Gasteiger partial charge in [-0.15, -0.1) is 11.8 Å². The van der Waals surface area contributed by atoms with Crippen LogP contribution in [0, 0.1) is 0 Å². The summed E-state index contributed by atoms with van der Waals surface area (Å²) >= 11 is 1.23. The minimum Gasteiger partial charge on any atom is -0.477 e. The Bertz CT molecular complexity index is 971. The largest absolute Gasteiger partial charge is 0.477 e. The van der Waals surface area contributed by atoms with Crippen LogP contribution in [0.2, 0.25) is 0 Å². The minimum atomic E-state index is -1.33. The summed E-state index contributed by atoms with van der Waals surface area (Å²) in [7, 11) is 1.22. The fourth-order valence-corrected chi connectivity index (χ4v) is 4.21. The van der Waals surface area contributed by atoms with E-state index in [-0.39, 0.29) is 41.1 Å². The third-order valence-corrected chi connectivity index (χ3v) is 5.49. The summed E-state index contributed by atoms with van der Waals surface area (Å²) in [6.07, 6.45) is 1.10. The number of thioether (sulfide) groups is 1. The van der Waals surface area contributed by atoms with Crippen LogP contribution in [0.15, 0.2) is 27.1 Å². The molecule has 1 unspecified atom stereocenters. The van der Waals surface area contributed by atoms with Crippen molar-refractivity contribution < 1.29 is 38.3 Å². The number of nitrogen functional groups attached to an aromatic ring is 1. The number of anilines is 1. The van der Waals surface area contributed by atoms with Gasteiger partial charge in [0.15, 0.2) is 5.71 Å². The Balaban J connectivity index is 1.77. The van der Waals surface area contributed by atoms with Crippen molar-refractivity contribution in [2.24, 2.45) is 5.16 Å². The molecule has 13 nitrogen and oxygen atoms in total. The number of nitrogens with zero attached hydrogens (tertiary/aromatic N) is 3. The summed E-state index contributed by atoms with van der Waals surface area (Å²) in [4.78, 5) is 57.5. The molecule has 2 atom stereocenters. The summed E-state index contributed by atoms with van der Waals surface area (Å²) in [5, 5.41) is 15.0. The number of nitrogens with one attached hydrogen (secondary N) is 1. The molecule has 0 spiro atoms. The highest BCUT2D eigenvalue weighted by molar-refractivity contribution is 8.00. The number of rotatable bonds is 7. The van der Waals surface area contributed by atoms with Crippen LogP contribution >= 0.6 is 11.8 Å². The number of aliphatic carboxylic acids is 1. The maximum absolute atomic E-state index is 12.6. The van der Waals surface area contributed by atoms with E-state index >= 15 is 0 Å². The number of hydrogen-bond acceptors (Lipinski definition) is 11. The molecule has 30 heavy (non-hydrogen) atoms. The topological polar surface area (TPSA) is 187 Å². The van der Waals surface area contributed by atoms with Gasteiger partial charge in [-0.3, -0.25) is 19.3 Å². The number of oxime groups is 1. The molecule has 1 aromatic rings. The molecule has 0 radical (unpaired) electrons. The fraction of sp³-hybridized carbons (Fsp3) is 0.375. The van der Waals surface area contributed by atoms with Crippen molar-refractivity contribution in [1.29, 1.82) is 0 Å². The second kappa shape index (κ2) is 8.44. The molecular formula is C16H17N5O8S. The van der Waals surface area contributed by atoms with E-state index < -0.39 is 35.2 Å². The smallest absolute Gasteiger partial charge is 0.352 e. The number of ether oxygens (including phenoxy) is 1. The van der Waals surface area contributed by atoms with Gasteiger partial charge in [0.2, 0.25) is 0 Å². The van der Waals surface area contributed by atoms with Crippen LogP contribution < -0.4 is 11.1 Å². The highest BCUT2D eigenvalue weighted by atomic mass is 32.2. The van der Waals surface area contributed by atoms with Gasteiger partial charge in [-0.25, -0.2) is 4.79 Å². The molecular weight excluding hydrogens is 422 g/mol. The first-order valence-electron chi connectivity index (χ1n) is 8.41. The lowest BCUT2D eigenvalue weighted by Crippen LogP contribution is -2.71. The Hall–Kier alpha value is -3.55.